The molecule has 0 saturated carbocycles. The van der Waals surface area contributed by atoms with Crippen molar-refractivity contribution in [3.8, 4) is 0 Å². The predicted molar refractivity (Wildman–Crippen MR) is 65.6 cm³/mol. The second kappa shape index (κ2) is 6.16. The van der Waals surface area contributed by atoms with E-state index < -0.39 is 15.8 Å². The Morgan fingerprint density at radius 1 is 1.53 bits per heavy atom. The number of carboxylic acid groups (broad SMARTS) is 1. The number of carboxylic acids is 1. The van der Waals surface area contributed by atoms with E-state index in [1.54, 1.807) is 13.0 Å². The smallest absolute Gasteiger partial charge is 0.331 e. The molecule has 1 unspecified atom stereocenters. The van der Waals surface area contributed by atoms with Crippen molar-refractivity contribution in [2.75, 3.05) is 24.6 Å². The van der Waals surface area contributed by atoms with Gasteiger partial charge in [0.15, 0.2) is 9.84 Å². The largest absolute Gasteiger partial charge is 0.478 e. The van der Waals surface area contributed by atoms with Crippen LogP contribution in [0.3, 0.4) is 0 Å². The molecule has 0 amide bonds. The normalized spacial score (nSPS) is 23.8. The zero-order chi connectivity index (χ0) is 12.9. The van der Waals surface area contributed by atoms with Gasteiger partial charge in [-0.3, -0.25) is 0 Å². The molecule has 0 aromatic heterocycles. The lowest BCUT2D eigenvalue weighted by molar-refractivity contribution is -0.132. The van der Waals surface area contributed by atoms with Gasteiger partial charge < -0.3 is 10.4 Å². The highest BCUT2D eigenvalue weighted by Gasteiger charge is 2.27. The zero-order valence-corrected chi connectivity index (χ0v) is 10.8. The lowest BCUT2D eigenvalue weighted by Crippen LogP contribution is -2.24. The lowest BCUT2D eigenvalue weighted by Gasteiger charge is -2.07. The van der Waals surface area contributed by atoms with Crippen LogP contribution in [0.1, 0.15) is 19.8 Å². The van der Waals surface area contributed by atoms with Crippen LogP contribution >= 0.6 is 0 Å². The molecule has 5 nitrogen and oxygen atoms in total. The number of rotatable bonds is 6. The van der Waals surface area contributed by atoms with Crippen LogP contribution in [-0.4, -0.2) is 44.1 Å². The van der Waals surface area contributed by atoms with E-state index in [1.807, 2.05) is 0 Å². The van der Waals surface area contributed by atoms with Gasteiger partial charge in [-0.15, -0.1) is 0 Å². The molecular formula is C11H19NO4S. The van der Waals surface area contributed by atoms with Crippen LogP contribution in [0.4, 0.5) is 0 Å². The first-order valence-electron chi connectivity index (χ1n) is 5.78. The van der Waals surface area contributed by atoms with Crippen LogP contribution in [0.25, 0.3) is 0 Å². The maximum Gasteiger partial charge on any atom is 0.331 e. The predicted octanol–water partition coefficient (Wildman–Crippen LogP) is 0.432. The fourth-order valence-corrected chi connectivity index (χ4v) is 3.76. The minimum Gasteiger partial charge on any atom is -0.478 e. The maximum atomic E-state index is 11.2. The lowest BCUT2D eigenvalue weighted by atomic mass is 10.1. The van der Waals surface area contributed by atoms with Gasteiger partial charge in [-0.2, -0.15) is 0 Å². The van der Waals surface area contributed by atoms with Gasteiger partial charge >= 0.3 is 5.97 Å². The van der Waals surface area contributed by atoms with Crippen LogP contribution in [0.15, 0.2) is 11.6 Å². The highest BCUT2D eigenvalue weighted by Crippen LogP contribution is 2.17. The topological polar surface area (TPSA) is 83.5 Å². The molecule has 98 valence electrons. The van der Waals surface area contributed by atoms with E-state index >= 15 is 0 Å². The van der Waals surface area contributed by atoms with Gasteiger partial charge in [0.25, 0.3) is 0 Å². The molecule has 1 heterocycles. The van der Waals surface area contributed by atoms with E-state index in [1.165, 1.54) is 0 Å². The Hall–Kier alpha value is -0.880. The van der Waals surface area contributed by atoms with E-state index in [4.69, 9.17) is 5.11 Å². The molecule has 1 aliphatic heterocycles. The molecule has 1 saturated heterocycles. The second-order valence-electron chi connectivity index (χ2n) is 4.32. The van der Waals surface area contributed by atoms with Crippen molar-refractivity contribution in [3.63, 3.8) is 0 Å². The maximum absolute atomic E-state index is 11.2. The third-order valence-electron chi connectivity index (χ3n) is 2.91. The highest BCUT2D eigenvalue weighted by atomic mass is 32.2. The van der Waals surface area contributed by atoms with Crippen molar-refractivity contribution < 1.29 is 18.3 Å². The van der Waals surface area contributed by atoms with Gasteiger partial charge in [-0.1, -0.05) is 13.0 Å². The Labute approximate surface area is 102 Å². The van der Waals surface area contributed by atoms with Crippen molar-refractivity contribution in [1.82, 2.24) is 5.32 Å². The minimum atomic E-state index is -2.82. The summed E-state index contributed by atoms with van der Waals surface area (Å²) in [5.74, 6) is -0.186. The summed E-state index contributed by atoms with van der Waals surface area (Å²) in [6, 6.07) is 0. The van der Waals surface area contributed by atoms with E-state index in [2.05, 4.69) is 5.32 Å². The fourth-order valence-electron chi connectivity index (χ4n) is 1.90. The van der Waals surface area contributed by atoms with Gasteiger partial charge in [-0.25, -0.2) is 13.2 Å². The zero-order valence-electron chi connectivity index (χ0n) is 9.98. The summed E-state index contributed by atoms with van der Waals surface area (Å²) in [6.45, 7) is 2.90. The number of aliphatic carboxylic acids is 1. The first kappa shape index (κ1) is 14.2. The third-order valence-corrected chi connectivity index (χ3v) is 4.75. The quantitative estimate of drug-likeness (QED) is 0.535. The Morgan fingerprint density at radius 3 is 2.71 bits per heavy atom. The van der Waals surface area contributed by atoms with Crippen LogP contribution in [0, 0.1) is 5.92 Å². The second-order valence-corrected chi connectivity index (χ2v) is 6.54. The van der Waals surface area contributed by atoms with Crippen molar-refractivity contribution in [1.29, 1.82) is 0 Å². The van der Waals surface area contributed by atoms with E-state index in [0.717, 1.165) is 0 Å². The van der Waals surface area contributed by atoms with Gasteiger partial charge in [0.2, 0.25) is 0 Å². The summed E-state index contributed by atoms with van der Waals surface area (Å²) in [4.78, 5) is 10.7. The number of carbonyl (C=O) groups is 1. The Morgan fingerprint density at radius 2 is 2.24 bits per heavy atom. The Kier molecular flexibility index (Phi) is 5.14. The summed E-state index contributed by atoms with van der Waals surface area (Å²) in [5.41, 5.74) is 0.386. The van der Waals surface area contributed by atoms with Crippen molar-refractivity contribution in [2.45, 2.75) is 19.8 Å². The number of hydrogen-bond acceptors (Lipinski definition) is 4. The van der Waals surface area contributed by atoms with E-state index in [-0.39, 0.29) is 17.4 Å². The van der Waals surface area contributed by atoms with Crippen molar-refractivity contribution >= 4 is 15.8 Å². The molecule has 0 aromatic carbocycles. The minimum absolute atomic E-state index is 0.170. The monoisotopic (exact) mass is 261 g/mol. The Balaban J connectivity index is 2.27. The van der Waals surface area contributed by atoms with E-state index in [0.29, 0.717) is 31.5 Å². The molecule has 0 radical (unpaired) electrons. The molecule has 1 aliphatic rings. The van der Waals surface area contributed by atoms with Gasteiger partial charge in [-0.05, 0) is 25.3 Å². The number of sulfone groups is 1. The van der Waals surface area contributed by atoms with Gasteiger partial charge in [0, 0.05) is 12.1 Å². The van der Waals surface area contributed by atoms with Crippen LogP contribution in [0.5, 0.6) is 0 Å². The summed E-state index contributed by atoms with van der Waals surface area (Å²) in [5, 5.41) is 11.9. The molecule has 0 aromatic rings. The van der Waals surface area contributed by atoms with Crippen molar-refractivity contribution in [2.24, 2.45) is 5.92 Å². The average molecular weight is 261 g/mol. The van der Waals surface area contributed by atoms with Gasteiger partial charge in [0.1, 0.15) is 0 Å². The standard InChI is InChI=1S/C11H19NO4S/c1-2-10(11(13)14)3-5-12-7-9-4-6-17(15,16)8-9/h3,9,12H,2,4-8H2,1H3,(H,13,14). The molecular weight excluding hydrogens is 242 g/mol. The highest BCUT2D eigenvalue weighted by molar-refractivity contribution is 7.91. The summed E-state index contributed by atoms with van der Waals surface area (Å²) < 4.78 is 22.4. The number of hydrogen-bond donors (Lipinski definition) is 2. The molecule has 1 atom stereocenters. The summed E-state index contributed by atoms with van der Waals surface area (Å²) in [6.07, 6.45) is 2.85. The molecule has 0 spiro atoms. The van der Waals surface area contributed by atoms with Crippen LogP contribution in [0.2, 0.25) is 0 Å². The van der Waals surface area contributed by atoms with Crippen molar-refractivity contribution in [3.05, 3.63) is 11.6 Å². The third kappa shape index (κ3) is 4.87. The first-order chi connectivity index (χ1) is 7.94. The summed E-state index contributed by atoms with van der Waals surface area (Å²) in [7, 11) is -2.82. The summed E-state index contributed by atoms with van der Waals surface area (Å²) >= 11 is 0. The molecule has 17 heavy (non-hydrogen) atoms. The Bertz CT molecular complexity index is 400. The number of nitrogens with one attached hydrogen (secondary N) is 1. The molecule has 2 N–H and O–H groups in total. The SMILES string of the molecule is CCC(=CCNCC1CCS(=O)(=O)C1)C(=O)O. The molecule has 0 aliphatic carbocycles. The average Bonchev–Trinajstić information content (AvgIpc) is 2.58. The molecule has 1 rings (SSSR count). The molecule has 6 heteroatoms. The van der Waals surface area contributed by atoms with Gasteiger partial charge in [0.05, 0.1) is 11.5 Å². The first-order valence-corrected chi connectivity index (χ1v) is 7.60. The fraction of sp³-hybridized carbons (Fsp3) is 0.727. The molecule has 1 fully saturated rings. The molecule has 0 bridgehead atoms. The van der Waals surface area contributed by atoms with Crippen LogP contribution in [-0.2, 0) is 14.6 Å². The van der Waals surface area contributed by atoms with Crippen LogP contribution < -0.4 is 5.32 Å². The van der Waals surface area contributed by atoms with E-state index in [9.17, 15) is 13.2 Å².